The van der Waals surface area contributed by atoms with Crippen LogP contribution in [0.2, 0.25) is 0 Å². The van der Waals surface area contributed by atoms with E-state index in [1.165, 1.54) is 52.3 Å². The topological polar surface area (TPSA) is 366 Å². The van der Waals surface area contributed by atoms with Gasteiger partial charge in [-0.1, -0.05) is 87.4 Å². The molecule has 3 fully saturated rings. The molecule has 0 saturated carbocycles. The van der Waals surface area contributed by atoms with Gasteiger partial charge in [0.1, 0.15) is 66.1 Å². The predicted molar refractivity (Wildman–Crippen MR) is 320 cm³/mol. The second kappa shape index (κ2) is 29.9. The highest BCUT2D eigenvalue weighted by molar-refractivity contribution is 6.00. The highest BCUT2D eigenvalue weighted by atomic mass is 19.3. The van der Waals surface area contributed by atoms with Crippen molar-refractivity contribution >= 4 is 41.4 Å². The molecule has 3 saturated heterocycles. The SMILES string of the molecule is CCCCCOc1ccc(-c2ccc(-c3ccc(C(=O)N[C@H]4C[C@@H](O)[C@@H](OC(F)(F)C[N+](C)(C)C)NC(=O)[C@@H]5[C@@H](O)[C@@H](C)CN5C(=O)[C@H]([C@@H](C)O)NC(=O)[C@H]([C@H](O)[C@@H](O)c5ccc(O)cc5)NC(=O)[C@@H]5C[C@@H](O)CN5C(=O)[C@H]([C@@H](C)O)NC4=O)cc3)cc2)cc1. The van der Waals surface area contributed by atoms with Crippen LogP contribution in [0, 0.1) is 5.92 Å². The van der Waals surface area contributed by atoms with Crippen LogP contribution >= 0.6 is 0 Å². The molecule has 3 heterocycles. The molecule has 13 N–H and O–H groups in total. The third-order valence-corrected chi connectivity index (χ3v) is 16.0. The average molecular weight is 1260 g/mol. The number of likely N-dealkylation sites (N-methyl/N-ethyl adjacent to an activating group) is 1. The summed E-state index contributed by atoms with van der Waals surface area (Å²) >= 11 is 0. The van der Waals surface area contributed by atoms with E-state index in [1.807, 2.05) is 48.5 Å². The molecule has 490 valence electrons. The Labute approximate surface area is 519 Å². The van der Waals surface area contributed by atoms with Gasteiger partial charge in [-0.15, -0.1) is 0 Å². The van der Waals surface area contributed by atoms with Gasteiger partial charge in [0.25, 0.3) is 5.91 Å². The maximum Gasteiger partial charge on any atom is 0.406 e. The summed E-state index contributed by atoms with van der Waals surface area (Å²) in [7, 11) is 4.13. The standard InChI is InChI=1S/C63H82F2N8O17/c1-8-9-10-27-89-44-25-21-39(22-26-44)37-13-11-36(12-14-37)38-15-17-41(18-16-38)55(82)66-45-29-47(78)60(90-63(64,65)32-73(5,6)7)70-59(86)51-52(79)33(2)30-72(51)62(88)49(35(4)75)68-58(85)50(54(81)53(80)40-19-23-42(76)24-20-40)69-57(84)46-28-43(77)31-71(46)61(87)48(34(3)74)67-56(45)83/h11-26,33-35,43,45-54,60,74-75,77-81H,8-10,27-32H2,1-7H3,(H5-,66,67,68,69,70,76,82,83,84,85,86)/p+1/t33-,34+,35+,43+,45-,46-,47+,48-,49-,50-,51-,52-,53-,54-,60+/m0/s1. The van der Waals surface area contributed by atoms with Gasteiger partial charge in [0.2, 0.25) is 35.4 Å². The van der Waals surface area contributed by atoms with Crippen molar-refractivity contribution < 1.29 is 97.2 Å². The number of hydrogen-bond acceptors (Lipinski definition) is 17. The molecule has 3 aliphatic heterocycles. The van der Waals surface area contributed by atoms with Crippen LogP contribution in [0.1, 0.15) is 81.8 Å². The number of ether oxygens (including phenoxy) is 2. The smallest absolute Gasteiger partial charge is 0.406 e. The van der Waals surface area contributed by atoms with Gasteiger partial charge in [-0.05, 0) is 84.5 Å². The lowest BCUT2D eigenvalue weighted by Gasteiger charge is -2.35. The van der Waals surface area contributed by atoms with Crippen molar-refractivity contribution in [1.29, 1.82) is 0 Å². The maximum atomic E-state index is 16.1. The average Bonchev–Trinajstić information content (AvgIpc) is 1.60. The molecular formula is C63H83F2N8O17+. The number of amides is 7. The van der Waals surface area contributed by atoms with Crippen LogP contribution in [0.4, 0.5) is 8.78 Å². The van der Waals surface area contributed by atoms with Gasteiger partial charge >= 0.3 is 6.11 Å². The van der Waals surface area contributed by atoms with Gasteiger partial charge in [0.05, 0.1) is 52.2 Å². The number of alkyl halides is 2. The molecule has 0 aromatic heterocycles. The zero-order valence-corrected chi connectivity index (χ0v) is 51.1. The fourth-order valence-electron chi connectivity index (χ4n) is 11.1. The van der Waals surface area contributed by atoms with Gasteiger partial charge in [-0.2, -0.15) is 8.78 Å². The Morgan fingerprint density at radius 1 is 0.678 bits per heavy atom. The summed E-state index contributed by atoms with van der Waals surface area (Å²) in [5, 5.41) is 101. The number of phenols is 1. The lowest BCUT2D eigenvalue weighted by Crippen LogP contribution is -2.64. The van der Waals surface area contributed by atoms with Gasteiger partial charge in [0.15, 0.2) is 12.8 Å². The van der Waals surface area contributed by atoms with Crippen molar-refractivity contribution in [3.63, 3.8) is 0 Å². The van der Waals surface area contributed by atoms with E-state index in [0.29, 0.717) is 17.1 Å². The van der Waals surface area contributed by atoms with E-state index in [-0.39, 0.29) is 16.9 Å². The summed E-state index contributed by atoms with van der Waals surface area (Å²) in [6.07, 6.45) is -19.2. The molecule has 4 aromatic rings. The summed E-state index contributed by atoms with van der Waals surface area (Å²) < 4.78 is 42.9. The molecule has 7 rings (SSSR count). The number of quaternary nitrogens is 1. The van der Waals surface area contributed by atoms with Crippen molar-refractivity contribution in [2.75, 3.05) is 47.4 Å². The van der Waals surface area contributed by atoms with Gasteiger partial charge in [0, 0.05) is 37.4 Å². The van der Waals surface area contributed by atoms with Crippen LogP contribution in [0.5, 0.6) is 11.5 Å². The second-order valence-electron chi connectivity index (χ2n) is 24.5. The number of nitrogens with one attached hydrogen (secondary N) is 5. The zero-order valence-electron chi connectivity index (χ0n) is 51.1. The normalized spacial score (nSPS) is 26.6. The third-order valence-electron chi connectivity index (χ3n) is 16.0. The molecule has 27 heteroatoms. The molecule has 0 unspecified atom stereocenters. The number of unbranched alkanes of at least 4 members (excludes halogenated alkanes) is 2. The first-order valence-electron chi connectivity index (χ1n) is 29.8. The molecule has 0 spiro atoms. The van der Waals surface area contributed by atoms with Crippen molar-refractivity contribution in [3.05, 3.63) is 108 Å². The number of carbonyl (C=O) groups is 7. The second-order valence-corrected chi connectivity index (χ2v) is 24.5. The van der Waals surface area contributed by atoms with E-state index < -0.39 is 176 Å². The highest BCUT2D eigenvalue weighted by Gasteiger charge is 2.52. The Morgan fingerprint density at radius 3 is 1.74 bits per heavy atom. The summed E-state index contributed by atoms with van der Waals surface area (Å²) in [6.45, 7) is 4.01. The molecular weight excluding hydrogens is 1180 g/mol. The maximum absolute atomic E-state index is 16.1. The zero-order chi connectivity index (χ0) is 66.1. The Kier molecular flexibility index (Phi) is 23.2. The Balaban J connectivity index is 1.26. The summed E-state index contributed by atoms with van der Waals surface area (Å²) in [4.78, 5) is 104. The molecule has 4 aromatic carbocycles. The van der Waals surface area contributed by atoms with Crippen molar-refractivity contribution in [2.45, 2.75) is 151 Å². The van der Waals surface area contributed by atoms with Gasteiger partial charge < -0.3 is 86.5 Å². The number of carbonyl (C=O) groups excluding carboxylic acids is 7. The summed E-state index contributed by atoms with van der Waals surface area (Å²) in [5.41, 5.74) is 3.09. The number of aliphatic hydroxyl groups is 7. The van der Waals surface area contributed by atoms with Gasteiger partial charge in [-0.25, -0.2) is 0 Å². The van der Waals surface area contributed by atoms with Crippen molar-refractivity contribution in [3.8, 4) is 33.8 Å². The number of fused-ring (bicyclic) bond motifs is 2. The molecule has 0 bridgehead atoms. The lowest BCUT2D eigenvalue weighted by molar-refractivity contribution is -0.883. The molecule has 0 aliphatic carbocycles. The fourth-order valence-corrected chi connectivity index (χ4v) is 11.1. The molecule has 0 radical (unpaired) electrons. The van der Waals surface area contributed by atoms with Crippen molar-refractivity contribution in [1.82, 2.24) is 36.4 Å². The number of aliphatic hydroxyl groups excluding tert-OH is 7. The van der Waals surface area contributed by atoms with Gasteiger partial charge in [-0.3, -0.25) is 38.3 Å². The number of halogens is 2. The van der Waals surface area contributed by atoms with E-state index in [4.69, 9.17) is 9.47 Å². The van der Waals surface area contributed by atoms with Crippen LogP contribution in [-0.2, 0) is 33.5 Å². The van der Waals surface area contributed by atoms with Crippen molar-refractivity contribution in [2.24, 2.45) is 5.92 Å². The number of rotatable bonds is 18. The van der Waals surface area contributed by atoms with Crippen LogP contribution in [-0.4, -0.2) is 229 Å². The Bertz CT molecular complexity index is 3140. The highest BCUT2D eigenvalue weighted by Crippen LogP contribution is 2.31. The van der Waals surface area contributed by atoms with Crippen LogP contribution in [0.15, 0.2) is 97.1 Å². The van der Waals surface area contributed by atoms with E-state index in [9.17, 15) is 74.4 Å². The minimum Gasteiger partial charge on any atom is -0.508 e. The van der Waals surface area contributed by atoms with E-state index >= 15 is 8.78 Å². The number of phenolic OH excluding ortho intramolecular Hbond substituents is 1. The first-order chi connectivity index (χ1) is 42.4. The number of benzene rings is 4. The molecule has 25 nitrogen and oxygen atoms in total. The quantitative estimate of drug-likeness (QED) is 0.0474. The Morgan fingerprint density at radius 2 is 1.20 bits per heavy atom. The minimum absolute atomic E-state index is 0.0766. The Hall–Kier alpha value is -7.73. The van der Waals surface area contributed by atoms with Crippen LogP contribution in [0.25, 0.3) is 22.3 Å². The number of hydrogen-bond donors (Lipinski definition) is 13. The number of nitrogens with zero attached hydrogens (tertiary/aromatic N) is 3. The van der Waals surface area contributed by atoms with Crippen LogP contribution in [0.3, 0.4) is 0 Å². The molecule has 3 aliphatic rings. The number of aromatic hydroxyl groups is 1. The summed E-state index contributed by atoms with van der Waals surface area (Å²) in [6, 6.07) is 13.5. The first kappa shape index (κ1) is 69.7. The molecule has 90 heavy (non-hydrogen) atoms. The largest absolute Gasteiger partial charge is 0.508 e. The van der Waals surface area contributed by atoms with Crippen LogP contribution < -0.4 is 31.3 Å². The third kappa shape index (κ3) is 17.6. The summed E-state index contributed by atoms with van der Waals surface area (Å²) in [5.74, 6) is -9.56. The molecule has 15 atom stereocenters. The monoisotopic (exact) mass is 1260 g/mol. The van der Waals surface area contributed by atoms with E-state index in [2.05, 4.69) is 33.5 Å². The van der Waals surface area contributed by atoms with E-state index in [1.54, 1.807) is 12.1 Å². The fraction of sp³-hybridized carbons (Fsp3) is 0.508. The molecule has 7 amide bonds. The predicted octanol–water partition coefficient (Wildman–Crippen LogP) is 0.396. The minimum atomic E-state index is -4.22. The first-order valence-corrected chi connectivity index (χ1v) is 29.8. The lowest BCUT2D eigenvalue weighted by atomic mass is 9.96. The van der Waals surface area contributed by atoms with E-state index in [0.717, 1.165) is 72.6 Å².